The second kappa shape index (κ2) is 9.57. The van der Waals surface area contributed by atoms with Crippen molar-refractivity contribution in [2.24, 2.45) is 5.92 Å². The minimum atomic E-state index is -3.77. The third-order valence-corrected chi connectivity index (χ3v) is 9.07. The largest absolute Gasteiger partial charge is 0.339 e. The molecule has 1 N–H and O–H groups in total. The van der Waals surface area contributed by atoms with Crippen LogP contribution in [-0.4, -0.2) is 38.6 Å². The second-order valence-corrected chi connectivity index (χ2v) is 11.6. The maximum Gasteiger partial charge on any atom is 0.255 e. The molecular weight excluding hydrogens is 440 g/mol. The molecule has 7 heteroatoms. The highest BCUT2D eigenvalue weighted by Gasteiger charge is 2.26. The van der Waals surface area contributed by atoms with Crippen LogP contribution in [-0.2, 0) is 22.9 Å². The Balaban J connectivity index is 1.56. The number of fused-ring (bicyclic) bond motifs is 1. The lowest BCUT2D eigenvalue weighted by Gasteiger charge is -2.31. The number of hydrogen-bond acceptors (Lipinski definition) is 4. The fourth-order valence-electron chi connectivity index (χ4n) is 4.63. The molecule has 1 aliphatic carbocycles. The van der Waals surface area contributed by atoms with Crippen molar-refractivity contribution in [3.05, 3.63) is 58.7 Å². The second-order valence-electron chi connectivity index (χ2n) is 9.06. The SMILES string of the molecule is CSc1ccc(S(=O)(=O)NC(C)c2ccc3c(c2)CCC3)cc1C(=O)N1CCC(C)CC1. The van der Waals surface area contributed by atoms with Gasteiger partial charge in [-0.25, -0.2) is 13.1 Å². The molecule has 4 rings (SSSR count). The van der Waals surface area contributed by atoms with Gasteiger partial charge in [0.05, 0.1) is 10.5 Å². The van der Waals surface area contributed by atoms with Crippen molar-refractivity contribution in [1.82, 2.24) is 9.62 Å². The molecule has 1 unspecified atom stereocenters. The van der Waals surface area contributed by atoms with E-state index >= 15 is 0 Å². The van der Waals surface area contributed by atoms with Gasteiger partial charge in [-0.2, -0.15) is 0 Å². The van der Waals surface area contributed by atoms with Gasteiger partial charge in [0.1, 0.15) is 0 Å². The average molecular weight is 473 g/mol. The van der Waals surface area contributed by atoms with E-state index in [4.69, 9.17) is 0 Å². The fraction of sp³-hybridized carbons (Fsp3) is 0.480. The van der Waals surface area contributed by atoms with Crippen molar-refractivity contribution in [1.29, 1.82) is 0 Å². The van der Waals surface area contributed by atoms with Crippen molar-refractivity contribution >= 4 is 27.7 Å². The summed E-state index contributed by atoms with van der Waals surface area (Å²) < 4.78 is 29.2. The molecule has 0 spiro atoms. The number of nitrogens with one attached hydrogen (secondary N) is 1. The zero-order valence-corrected chi connectivity index (χ0v) is 20.7. The third kappa shape index (κ3) is 4.90. The topological polar surface area (TPSA) is 66.5 Å². The first-order valence-corrected chi connectivity index (χ1v) is 14.1. The molecule has 32 heavy (non-hydrogen) atoms. The number of amides is 1. The van der Waals surface area contributed by atoms with Gasteiger partial charge in [0.15, 0.2) is 0 Å². The Kier molecular flexibility index (Phi) is 6.98. The Morgan fingerprint density at radius 3 is 2.53 bits per heavy atom. The predicted octanol–water partition coefficient (Wildman–Crippen LogP) is 4.81. The van der Waals surface area contributed by atoms with E-state index in [1.807, 2.05) is 24.1 Å². The number of aryl methyl sites for hydroxylation is 2. The summed E-state index contributed by atoms with van der Waals surface area (Å²) in [5.41, 5.74) is 4.13. The van der Waals surface area contributed by atoms with Crippen LogP contribution in [0.25, 0.3) is 0 Å². The van der Waals surface area contributed by atoms with Crippen LogP contribution in [0, 0.1) is 5.92 Å². The Hall–Kier alpha value is -1.83. The Bertz CT molecular complexity index is 1110. The van der Waals surface area contributed by atoms with Crippen molar-refractivity contribution in [3.8, 4) is 0 Å². The quantitative estimate of drug-likeness (QED) is 0.613. The van der Waals surface area contributed by atoms with E-state index in [-0.39, 0.29) is 16.8 Å². The predicted molar refractivity (Wildman–Crippen MR) is 130 cm³/mol. The van der Waals surface area contributed by atoms with Crippen LogP contribution in [0.3, 0.4) is 0 Å². The molecule has 2 aromatic rings. The van der Waals surface area contributed by atoms with Crippen molar-refractivity contribution in [3.63, 3.8) is 0 Å². The monoisotopic (exact) mass is 472 g/mol. The van der Waals surface area contributed by atoms with E-state index in [0.717, 1.165) is 55.7 Å². The number of carbonyl (C=O) groups excluding carboxylic acids is 1. The Morgan fingerprint density at radius 1 is 1.09 bits per heavy atom. The maximum absolute atomic E-state index is 13.2. The summed E-state index contributed by atoms with van der Waals surface area (Å²) in [6.07, 6.45) is 7.19. The molecule has 0 aromatic heterocycles. The summed E-state index contributed by atoms with van der Waals surface area (Å²) in [5, 5.41) is 0. The highest BCUT2D eigenvalue weighted by atomic mass is 32.2. The molecule has 172 valence electrons. The molecule has 0 saturated carbocycles. The molecule has 0 bridgehead atoms. The average Bonchev–Trinajstić information content (AvgIpc) is 3.26. The minimum absolute atomic E-state index is 0.0787. The van der Waals surface area contributed by atoms with Crippen molar-refractivity contribution < 1.29 is 13.2 Å². The highest BCUT2D eigenvalue weighted by Crippen LogP contribution is 2.29. The normalized spacial score (nSPS) is 17.9. The number of thioether (sulfide) groups is 1. The molecule has 1 saturated heterocycles. The van der Waals surface area contributed by atoms with Gasteiger partial charge < -0.3 is 4.90 Å². The number of carbonyl (C=O) groups is 1. The lowest BCUT2D eigenvalue weighted by Crippen LogP contribution is -2.38. The van der Waals surface area contributed by atoms with Crippen LogP contribution in [0.4, 0.5) is 0 Å². The first-order chi connectivity index (χ1) is 15.3. The van der Waals surface area contributed by atoms with E-state index in [1.54, 1.807) is 18.2 Å². The lowest BCUT2D eigenvalue weighted by molar-refractivity contribution is 0.0693. The molecule has 2 aromatic carbocycles. The number of hydrogen-bond donors (Lipinski definition) is 1. The molecule has 0 radical (unpaired) electrons. The molecule has 2 aliphatic rings. The molecule has 1 atom stereocenters. The number of likely N-dealkylation sites (tertiary alicyclic amines) is 1. The van der Waals surface area contributed by atoms with Gasteiger partial charge in [0, 0.05) is 24.0 Å². The van der Waals surface area contributed by atoms with E-state index in [9.17, 15) is 13.2 Å². The summed E-state index contributed by atoms with van der Waals surface area (Å²) >= 11 is 1.47. The van der Waals surface area contributed by atoms with Gasteiger partial charge in [-0.1, -0.05) is 25.1 Å². The number of nitrogens with zero attached hydrogens (tertiary/aromatic N) is 1. The number of sulfonamides is 1. The Labute approximate surface area is 196 Å². The van der Waals surface area contributed by atoms with Crippen LogP contribution >= 0.6 is 11.8 Å². The number of piperidine rings is 1. The van der Waals surface area contributed by atoms with Crippen molar-refractivity contribution in [2.45, 2.75) is 61.8 Å². The van der Waals surface area contributed by atoms with E-state index in [2.05, 4.69) is 23.8 Å². The summed E-state index contributed by atoms with van der Waals surface area (Å²) in [7, 11) is -3.77. The van der Waals surface area contributed by atoms with Gasteiger partial charge in [0.25, 0.3) is 5.91 Å². The van der Waals surface area contributed by atoms with E-state index < -0.39 is 10.0 Å². The van der Waals surface area contributed by atoms with Crippen LogP contribution < -0.4 is 4.72 Å². The summed E-state index contributed by atoms with van der Waals surface area (Å²) in [4.78, 5) is 16.0. The van der Waals surface area contributed by atoms with E-state index in [0.29, 0.717) is 11.5 Å². The summed E-state index contributed by atoms with van der Waals surface area (Å²) in [5.74, 6) is 0.542. The van der Waals surface area contributed by atoms with E-state index in [1.165, 1.54) is 22.9 Å². The number of rotatable bonds is 6. The summed E-state index contributed by atoms with van der Waals surface area (Å²) in [6, 6.07) is 10.8. The van der Waals surface area contributed by atoms with Gasteiger partial charge >= 0.3 is 0 Å². The summed E-state index contributed by atoms with van der Waals surface area (Å²) in [6.45, 7) is 5.51. The first kappa shape index (κ1) is 23.3. The van der Waals surface area contributed by atoms with Crippen LogP contribution in [0.2, 0.25) is 0 Å². The Morgan fingerprint density at radius 2 is 1.81 bits per heavy atom. The zero-order valence-electron chi connectivity index (χ0n) is 19.1. The molecule has 1 fully saturated rings. The maximum atomic E-state index is 13.2. The van der Waals surface area contributed by atoms with Gasteiger partial charge in [0.2, 0.25) is 10.0 Å². The van der Waals surface area contributed by atoms with Crippen LogP contribution in [0.5, 0.6) is 0 Å². The first-order valence-electron chi connectivity index (χ1n) is 11.4. The molecule has 1 heterocycles. The van der Waals surface area contributed by atoms with Crippen LogP contribution in [0.15, 0.2) is 46.2 Å². The smallest absolute Gasteiger partial charge is 0.255 e. The number of benzene rings is 2. The third-order valence-electron chi connectivity index (χ3n) is 6.74. The molecule has 1 aliphatic heterocycles. The molecule has 1 amide bonds. The highest BCUT2D eigenvalue weighted by molar-refractivity contribution is 7.98. The lowest BCUT2D eigenvalue weighted by atomic mass is 9.98. The van der Waals surface area contributed by atoms with Crippen molar-refractivity contribution in [2.75, 3.05) is 19.3 Å². The van der Waals surface area contributed by atoms with Crippen LogP contribution in [0.1, 0.15) is 66.2 Å². The molecule has 5 nitrogen and oxygen atoms in total. The van der Waals surface area contributed by atoms with Gasteiger partial charge in [-0.3, -0.25) is 4.79 Å². The van der Waals surface area contributed by atoms with Gasteiger partial charge in [-0.15, -0.1) is 11.8 Å². The zero-order chi connectivity index (χ0) is 22.9. The standard InChI is InChI=1S/C25H32N2O3S2/c1-17-11-13-27(14-12-17)25(28)23-16-22(9-10-24(23)31-3)32(29,30)26-18(2)20-8-7-19-5-4-6-21(19)15-20/h7-10,15-18,26H,4-6,11-14H2,1-3H3. The van der Waals surface area contributed by atoms with Gasteiger partial charge in [-0.05, 0) is 86.1 Å². The molecular formula is C25H32N2O3S2. The minimum Gasteiger partial charge on any atom is -0.339 e. The fourth-order valence-corrected chi connectivity index (χ4v) is 6.46.